The van der Waals surface area contributed by atoms with Crippen LogP contribution >= 0.6 is 0 Å². The zero-order valence-electron chi connectivity index (χ0n) is 15.3. The van der Waals surface area contributed by atoms with Gasteiger partial charge in [0.2, 0.25) is 5.91 Å². The molecule has 2 rings (SSSR count). The summed E-state index contributed by atoms with van der Waals surface area (Å²) in [4.78, 5) is 37.2. The number of benzene rings is 2. The fourth-order valence-electron chi connectivity index (χ4n) is 2.40. The average Bonchev–Trinajstić information content (AvgIpc) is 2.71. The zero-order chi connectivity index (χ0) is 19.6. The molecule has 0 aliphatic rings. The molecule has 0 aliphatic carbocycles. The minimum Gasteiger partial charge on any atom is -0.468 e. The number of carbonyl (C=O) groups is 3. The Labute approximate surface area is 158 Å². The van der Waals surface area contributed by atoms with Gasteiger partial charge in [-0.25, -0.2) is 0 Å². The molecule has 0 heterocycles. The molecule has 0 saturated heterocycles. The van der Waals surface area contributed by atoms with Crippen LogP contribution in [0.3, 0.4) is 0 Å². The molecule has 2 aromatic carbocycles. The van der Waals surface area contributed by atoms with Crippen LogP contribution in [0.1, 0.15) is 21.5 Å². The molecular weight excluding hydrogens is 344 g/mol. The first-order valence-electron chi connectivity index (χ1n) is 8.43. The lowest BCUT2D eigenvalue weighted by Crippen LogP contribution is -2.34. The van der Waals surface area contributed by atoms with Crippen LogP contribution in [0.25, 0.3) is 6.08 Å². The molecule has 2 aromatic rings. The van der Waals surface area contributed by atoms with Crippen molar-refractivity contribution in [2.24, 2.45) is 0 Å². The summed E-state index contributed by atoms with van der Waals surface area (Å²) in [6.07, 6.45) is 3.05. The van der Waals surface area contributed by atoms with Crippen molar-refractivity contribution in [1.82, 2.24) is 10.2 Å². The Bertz CT molecular complexity index is 814. The van der Waals surface area contributed by atoms with E-state index in [0.717, 1.165) is 11.1 Å². The number of hydrogen-bond acceptors (Lipinski definition) is 4. The Morgan fingerprint density at radius 1 is 1.04 bits per heavy atom. The van der Waals surface area contributed by atoms with E-state index in [1.807, 2.05) is 30.3 Å². The van der Waals surface area contributed by atoms with Crippen LogP contribution in [-0.4, -0.2) is 43.4 Å². The van der Waals surface area contributed by atoms with Gasteiger partial charge in [-0.1, -0.05) is 42.5 Å². The largest absolute Gasteiger partial charge is 0.468 e. The molecule has 0 aromatic heterocycles. The van der Waals surface area contributed by atoms with Crippen LogP contribution < -0.4 is 5.32 Å². The molecule has 0 atom stereocenters. The molecule has 0 aliphatic heterocycles. The fourth-order valence-corrected chi connectivity index (χ4v) is 2.40. The number of nitrogens with zero attached hydrogens (tertiary/aromatic N) is 1. The van der Waals surface area contributed by atoms with Crippen molar-refractivity contribution in [2.45, 2.75) is 6.54 Å². The van der Waals surface area contributed by atoms with Gasteiger partial charge in [-0.3, -0.25) is 14.4 Å². The number of amides is 2. The Kier molecular flexibility index (Phi) is 7.31. The third-order valence-corrected chi connectivity index (χ3v) is 3.89. The molecule has 1 N–H and O–H groups in total. The normalized spacial score (nSPS) is 10.4. The predicted molar refractivity (Wildman–Crippen MR) is 103 cm³/mol. The van der Waals surface area contributed by atoms with Gasteiger partial charge in [0.05, 0.1) is 7.11 Å². The predicted octanol–water partition coefficient (Wildman–Crippen LogP) is 2.26. The highest BCUT2D eigenvalue weighted by molar-refractivity contribution is 5.95. The fraction of sp³-hybridized carbons (Fsp3) is 0.190. The third kappa shape index (κ3) is 6.11. The summed E-state index contributed by atoms with van der Waals surface area (Å²) in [6, 6.07) is 16.3. The molecular formula is C21H22N2O4. The quantitative estimate of drug-likeness (QED) is 0.602. The number of rotatable bonds is 7. The van der Waals surface area contributed by atoms with Crippen molar-refractivity contribution in [1.29, 1.82) is 0 Å². The minimum atomic E-state index is -0.484. The Morgan fingerprint density at radius 2 is 1.70 bits per heavy atom. The maximum absolute atomic E-state index is 12.6. The van der Waals surface area contributed by atoms with Gasteiger partial charge in [-0.05, 0) is 29.3 Å². The van der Waals surface area contributed by atoms with Gasteiger partial charge >= 0.3 is 5.97 Å². The summed E-state index contributed by atoms with van der Waals surface area (Å²) in [6.45, 7) is 0.166. The first-order chi connectivity index (χ1) is 13.0. The second-order valence-corrected chi connectivity index (χ2v) is 5.79. The number of hydrogen-bond donors (Lipinski definition) is 1. The Morgan fingerprint density at radius 3 is 2.30 bits per heavy atom. The van der Waals surface area contributed by atoms with E-state index < -0.39 is 5.97 Å². The maximum atomic E-state index is 12.6. The van der Waals surface area contributed by atoms with Crippen LogP contribution in [-0.2, 0) is 20.9 Å². The van der Waals surface area contributed by atoms with Crippen LogP contribution in [0.2, 0.25) is 0 Å². The Hall–Kier alpha value is -3.41. The monoisotopic (exact) mass is 366 g/mol. The molecule has 0 fully saturated rings. The highest BCUT2D eigenvalue weighted by Gasteiger charge is 2.16. The van der Waals surface area contributed by atoms with Crippen molar-refractivity contribution in [3.05, 3.63) is 77.4 Å². The zero-order valence-corrected chi connectivity index (χ0v) is 15.3. The van der Waals surface area contributed by atoms with Crippen molar-refractivity contribution in [2.75, 3.05) is 20.7 Å². The van der Waals surface area contributed by atoms with E-state index in [4.69, 9.17) is 0 Å². The van der Waals surface area contributed by atoms with Gasteiger partial charge in [0.1, 0.15) is 6.54 Å². The van der Waals surface area contributed by atoms with Gasteiger partial charge in [0, 0.05) is 25.2 Å². The summed E-state index contributed by atoms with van der Waals surface area (Å²) < 4.78 is 4.68. The first kappa shape index (κ1) is 19.9. The average molecular weight is 366 g/mol. The molecule has 0 radical (unpaired) electrons. The van der Waals surface area contributed by atoms with E-state index in [2.05, 4.69) is 10.1 Å². The van der Waals surface area contributed by atoms with Crippen molar-refractivity contribution in [3.63, 3.8) is 0 Å². The molecule has 6 heteroatoms. The van der Waals surface area contributed by atoms with E-state index >= 15 is 0 Å². The van der Waals surface area contributed by atoms with E-state index in [1.54, 1.807) is 37.4 Å². The lowest BCUT2D eigenvalue weighted by molar-refractivity contribution is -0.145. The van der Waals surface area contributed by atoms with E-state index in [1.165, 1.54) is 18.1 Å². The lowest BCUT2D eigenvalue weighted by Gasteiger charge is -2.20. The molecule has 0 bridgehead atoms. The Balaban J connectivity index is 2.10. The summed E-state index contributed by atoms with van der Waals surface area (Å²) >= 11 is 0. The highest BCUT2D eigenvalue weighted by Crippen LogP contribution is 2.09. The van der Waals surface area contributed by atoms with Crippen molar-refractivity contribution in [3.8, 4) is 0 Å². The molecule has 0 spiro atoms. The van der Waals surface area contributed by atoms with E-state index in [9.17, 15) is 14.4 Å². The number of nitrogens with one attached hydrogen (secondary N) is 1. The number of methoxy groups -OCH3 is 1. The maximum Gasteiger partial charge on any atom is 0.325 e. The highest BCUT2D eigenvalue weighted by atomic mass is 16.5. The smallest absolute Gasteiger partial charge is 0.325 e. The summed E-state index contributed by atoms with van der Waals surface area (Å²) in [5.74, 6) is -0.962. The molecule has 2 amide bonds. The summed E-state index contributed by atoms with van der Waals surface area (Å²) in [7, 11) is 2.86. The standard InChI is InChI=1S/C21H22N2O4/c1-22-21(26)18-11-8-16(9-12-18)10-13-19(24)23(15-20(25)27-2)14-17-6-4-3-5-7-17/h3-13H,14-15H2,1-2H3,(H,22,26). The van der Waals surface area contributed by atoms with Crippen molar-refractivity contribution >= 4 is 23.9 Å². The molecule has 0 unspecified atom stereocenters. The third-order valence-electron chi connectivity index (χ3n) is 3.89. The van der Waals surface area contributed by atoms with Crippen LogP contribution in [0.5, 0.6) is 0 Å². The summed E-state index contributed by atoms with van der Waals surface area (Å²) in [5, 5.41) is 2.55. The van der Waals surface area contributed by atoms with Crippen LogP contribution in [0.4, 0.5) is 0 Å². The van der Waals surface area contributed by atoms with Gasteiger partial charge in [-0.2, -0.15) is 0 Å². The number of esters is 1. The second kappa shape index (κ2) is 9.91. The second-order valence-electron chi connectivity index (χ2n) is 5.79. The number of ether oxygens (including phenoxy) is 1. The molecule has 6 nitrogen and oxygen atoms in total. The molecule has 140 valence electrons. The summed E-state index contributed by atoms with van der Waals surface area (Å²) in [5.41, 5.74) is 2.23. The SMILES string of the molecule is CNC(=O)c1ccc(C=CC(=O)N(CC(=O)OC)Cc2ccccc2)cc1. The van der Waals surface area contributed by atoms with E-state index in [0.29, 0.717) is 12.1 Å². The van der Waals surface area contributed by atoms with Crippen LogP contribution in [0.15, 0.2) is 60.7 Å². The molecule has 27 heavy (non-hydrogen) atoms. The van der Waals surface area contributed by atoms with Gasteiger partial charge in [-0.15, -0.1) is 0 Å². The van der Waals surface area contributed by atoms with Gasteiger partial charge < -0.3 is 15.0 Å². The number of carbonyl (C=O) groups excluding carboxylic acids is 3. The lowest BCUT2D eigenvalue weighted by atomic mass is 10.1. The first-order valence-corrected chi connectivity index (χ1v) is 8.43. The minimum absolute atomic E-state index is 0.135. The van der Waals surface area contributed by atoms with Crippen LogP contribution in [0, 0.1) is 0 Å². The molecule has 0 saturated carbocycles. The van der Waals surface area contributed by atoms with Gasteiger partial charge in [0.25, 0.3) is 5.91 Å². The van der Waals surface area contributed by atoms with Crippen molar-refractivity contribution < 1.29 is 19.1 Å². The topological polar surface area (TPSA) is 75.7 Å². The van der Waals surface area contributed by atoms with Gasteiger partial charge in [0.15, 0.2) is 0 Å². The van der Waals surface area contributed by atoms with E-state index in [-0.39, 0.29) is 18.4 Å².